The van der Waals surface area contributed by atoms with Crippen LogP contribution in [-0.4, -0.2) is 36.2 Å². The molecule has 2 fully saturated rings. The molecule has 2 aliphatic rings. The first-order valence-electron chi connectivity index (χ1n) is 8.26. The molecular formula is C16H30N2O2. The van der Waals surface area contributed by atoms with Crippen molar-refractivity contribution in [2.45, 2.75) is 63.8 Å². The van der Waals surface area contributed by atoms with E-state index in [1.165, 1.54) is 19.3 Å². The quantitative estimate of drug-likeness (QED) is 0.721. The van der Waals surface area contributed by atoms with Gasteiger partial charge in [-0.3, -0.25) is 4.79 Å². The zero-order valence-corrected chi connectivity index (χ0v) is 12.8. The van der Waals surface area contributed by atoms with Gasteiger partial charge in [0.2, 0.25) is 5.91 Å². The van der Waals surface area contributed by atoms with Gasteiger partial charge in [-0.2, -0.15) is 0 Å². The molecule has 4 heteroatoms. The first-order chi connectivity index (χ1) is 9.63. The van der Waals surface area contributed by atoms with E-state index < -0.39 is 0 Å². The number of piperidine rings is 1. The minimum absolute atomic E-state index is 0.0798. The van der Waals surface area contributed by atoms with Gasteiger partial charge in [0.25, 0.3) is 0 Å². The molecule has 0 aromatic carbocycles. The molecule has 1 saturated heterocycles. The molecular weight excluding hydrogens is 252 g/mol. The van der Waals surface area contributed by atoms with Crippen LogP contribution in [0.15, 0.2) is 0 Å². The highest BCUT2D eigenvalue weighted by Crippen LogP contribution is 2.32. The number of rotatable bonds is 5. The Morgan fingerprint density at radius 1 is 1.35 bits per heavy atom. The summed E-state index contributed by atoms with van der Waals surface area (Å²) in [6, 6.07) is 0. The maximum atomic E-state index is 12.2. The number of carbonyl (C=O) groups is 1. The lowest BCUT2D eigenvalue weighted by Crippen LogP contribution is -2.53. The van der Waals surface area contributed by atoms with Gasteiger partial charge >= 0.3 is 0 Å². The molecule has 116 valence electrons. The topological polar surface area (TPSA) is 61.4 Å². The number of hydrogen-bond donors (Lipinski definition) is 3. The molecule has 20 heavy (non-hydrogen) atoms. The van der Waals surface area contributed by atoms with Crippen molar-refractivity contribution in [3.8, 4) is 0 Å². The van der Waals surface area contributed by atoms with Crippen molar-refractivity contribution >= 4 is 5.91 Å². The molecule has 1 amide bonds. The van der Waals surface area contributed by atoms with E-state index in [1.54, 1.807) is 0 Å². The molecule has 1 aliphatic carbocycles. The fourth-order valence-electron chi connectivity index (χ4n) is 3.82. The average Bonchev–Trinajstić information content (AvgIpc) is 2.46. The summed E-state index contributed by atoms with van der Waals surface area (Å²) in [6.45, 7) is 4.47. The van der Waals surface area contributed by atoms with E-state index in [2.05, 4.69) is 17.6 Å². The number of aliphatic hydroxyl groups is 1. The summed E-state index contributed by atoms with van der Waals surface area (Å²) in [5, 5.41) is 16.2. The van der Waals surface area contributed by atoms with Gasteiger partial charge in [0, 0.05) is 6.42 Å². The smallest absolute Gasteiger partial charge is 0.220 e. The van der Waals surface area contributed by atoms with Crippen LogP contribution in [0.25, 0.3) is 0 Å². The SMILES string of the molecule is CC1CCCC(CO)(NC(=O)CCC2CCNCC2)C1. The van der Waals surface area contributed by atoms with Crippen LogP contribution in [0.4, 0.5) is 0 Å². The summed E-state index contributed by atoms with van der Waals surface area (Å²) in [4.78, 5) is 12.2. The van der Waals surface area contributed by atoms with Crippen LogP contribution in [0, 0.1) is 11.8 Å². The predicted octanol–water partition coefficient (Wildman–Crippen LogP) is 1.82. The second kappa shape index (κ2) is 7.41. The lowest BCUT2D eigenvalue weighted by atomic mass is 9.76. The van der Waals surface area contributed by atoms with Crippen molar-refractivity contribution < 1.29 is 9.90 Å². The van der Waals surface area contributed by atoms with Crippen LogP contribution in [0.5, 0.6) is 0 Å². The van der Waals surface area contributed by atoms with Crippen LogP contribution in [0.1, 0.15) is 58.3 Å². The Morgan fingerprint density at radius 2 is 2.10 bits per heavy atom. The van der Waals surface area contributed by atoms with E-state index in [4.69, 9.17) is 0 Å². The van der Waals surface area contributed by atoms with Gasteiger partial charge in [0.05, 0.1) is 12.1 Å². The van der Waals surface area contributed by atoms with E-state index >= 15 is 0 Å². The standard InChI is InChI=1S/C16H30N2O2/c1-13-3-2-8-16(11-13,12-19)18-15(20)5-4-14-6-9-17-10-7-14/h13-14,17,19H,2-12H2,1H3,(H,18,20). The molecule has 3 N–H and O–H groups in total. The van der Waals surface area contributed by atoms with Gasteiger partial charge in [0.15, 0.2) is 0 Å². The van der Waals surface area contributed by atoms with Gasteiger partial charge in [-0.05, 0) is 57.0 Å². The fraction of sp³-hybridized carbons (Fsp3) is 0.938. The third-order valence-electron chi connectivity index (χ3n) is 5.04. The van der Waals surface area contributed by atoms with Crippen LogP contribution in [0.3, 0.4) is 0 Å². The van der Waals surface area contributed by atoms with E-state index in [-0.39, 0.29) is 18.1 Å². The van der Waals surface area contributed by atoms with E-state index in [9.17, 15) is 9.90 Å². The number of amides is 1. The predicted molar refractivity (Wildman–Crippen MR) is 80.4 cm³/mol. The van der Waals surface area contributed by atoms with Gasteiger partial charge in [0.1, 0.15) is 0 Å². The highest BCUT2D eigenvalue weighted by atomic mass is 16.3. The second-order valence-electron chi connectivity index (χ2n) is 6.92. The van der Waals surface area contributed by atoms with Crippen molar-refractivity contribution in [1.29, 1.82) is 0 Å². The van der Waals surface area contributed by atoms with Crippen molar-refractivity contribution in [2.75, 3.05) is 19.7 Å². The van der Waals surface area contributed by atoms with Crippen molar-refractivity contribution in [2.24, 2.45) is 11.8 Å². The van der Waals surface area contributed by atoms with E-state index in [0.29, 0.717) is 18.3 Å². The molecule has 1 saturated carbocycles. The Kier molecular flexibility index (Phi) is 5.85. The summed E-state index contributed by atoms with van der Waals surface area (Å²) in [5.41, 5.74) is -0.344. The lowest BCUT2D eigenvalue weighted by molar-refractivity contribution is -0.124. The minimum atomic E-state index is -0.344. The molecule has 0 bridgehead atoms. The highest BCUT2D eigenvalue weighted by molar-refractivity contribution is 5.76. The summed E-state index contributed by atoms with van der Waals surface area (Å²) in [5.74, 6) is 1.42. The van der Waals surface area contributed by atoms with Crippen molar-refractivity contribution in [3.63, 3.8) is 0 Å². The van der Waals surface area contributed by atoms with Gasteiger partial charge in [-0.1, -0.05) is 19.8 Å². The Balaban J connectivity index is 1.76. The molecule has 2 atom stereocenters. The van der Waals surface area contributed by atoms with E-state index in [1.807, 2.05) is 0 Å². The maximum Gasteiger partial charge on any atom is 0.220 e. The number of hydrogen-bond acceptors (Lipinski definition) is 3. The van der Waals surface area contributed by atoms with Crippen molar-refractivity contribution in [1.82, 2.24) is 10.6 Å². The van der Waals surface area contributed by atoms with Crippen LogP contribution in [-0.2, 0) is 4.79 Å². The maximum absolute atomic E-state index is 12.2. The molecule has 0 spiro atoms. The summed E-state index contributed by atoms with van der Waals surface area (Å²) < 4.78 is 0. The zero-order chi connectivity index (χ0) is 14.4. The second-order valence-corrected chi connectivity index (χ2v) is 6.92. The van der Waals surface area contributed by atoms with Gasteiger partial charge in [-0.25, -0.2) is 0 Å². The lowest BCUT2D eigenvalue weighted by Gasteiger charge is -2.39. The molecule has 4 nitrogen and oxygen atoms in total. The van der Waals surface area contributed by atoms with Gasteiger partial charge in [-0.15, -0.1) is 0 Å². The van der Waals surface area contributed by atoms with Crippen LogP contribution in [0.2, 0.25) is 0 Å². The Labute approximate surface area is 122 Å². The third kappa shape index (κ3) is 4.45. The number of carbonyl (C=O) groups excluding carboxylic acids is 1. The zero-order valence-electron chi connectivity index (χ0n) is 12.8. The molecule has 2 rings (SSSR count). The largest absolute Gasteiger partial charge is 0.394 e. The number of nitrogens with one attached hydrogen (secondary N) is 2. The monoisotopic (exact) mass is 282 g/mol. The number of aliphatic hydroxyl groups excluding tert-OH is 1. The molecule has 0 aromatic heterocycles. The van der Waals surface area contributed by atoms with Crippen LogP contribution < -0.4 is 10.6 Å². The molecule has 1 heterocycles. The fourth-order valence-corrected chi connectivity index (χ4v) is 3.82. The first-order valence-corrected chi connectivity index (χ1v) is 8.26. The molecule has 2 unspecified atom stereocenters. The average molecular weight is 282 g/mol. The van der Waals surface area contributed by atoms with E-state index in [0.717, 1.165) is 38.8 Å². The summed E-state index contributed by atoms with van der Waals surface area (Å²) >= 11 is 0. The van der Waals surface area contributed by atoms with Crippen molar-refractivity contribution in [3.05, 3.63) is 0 Å². The molecule has 0 aromatic rings. The summed E-state index contributed by atoms with van der Waals surface area (Å²) in [7, 11) is 0. The first kappa shape index (κ1) is 15.8. The summed E-state index contributed by atoms with van der Waals surface area (Å²) in [6.07, 6.45) is 8.15. The third-order valence-corrected chi connectivity index (χ3v) is 5.04. The normalized spacial score (nSPS) is 32.0. The van der Waals surface area contributed by atoms with Crippen LogP contribution >= 0.6 is 0 Å². The van der Waals surface area contributed by atoms with Gasteiger partial charge < -0.3 is 15.7 Å². The highest BCUT2D eigenvalue weighted by Gasteiger charge is 2.35. The Bertz CT molecular complexity index is 316. The Morgan fingerprint density at radius 3 is 2.75 bits per heavy atom. The minimum Gasteiger partial charge on any atom is -0.394 e. The molecule has 0 radical (unpaired) electrons. The Hall–Kier alpha value is -0.610. The molecule has 1 aliphatic heterocycles.